The SMILES string of the molecule is CC(C)(C)NS(=O)(=O)c1ccc(-c2sc(S(N)(=O)=O)nc2CC2CCCCC2)c2ccccc12. The molecule has 0 radical (unpaired) electrons. The predicted molar refractivity (Wildman–Crippen MR) is 137 cm³/mol. The smallest absolute Gasteiger partial charge is 0.228 e. The van der Waals surface area contributed by atoms with E-state index in [0.717, 1.165) is 45.7 Å². The Morgan fingerprint density at radius 2 is 1.65 bits per heavy atom. The summed E-state index contributed by atoms with van der Waals surface area (Å²) in [5.41, 5.74) is 0.853. The highest BCUT2D eigenvalue weighted by atomic mass is 32.2. The summed E-state index contributed by atoms with van der Waals surface area (Å²) in [6.07, 6.45) is 6.44. The molecular weight excluding hydrogens is 490 g/mol. The van der Waals surface area contributed by atoms with Crippen molar-refractivity contribution < 1.29 is 16.8 Å². The van der Waals surface area contributed by atoms with Crippen LogP contribution in [0.15, 0.2) is 45.6 Å². The van der Waals surface area contributed by atoms with Crippen molar-refractivity contribution in [2.24, 2.45) is 11.1 Å². The van der Waals surface area contributed by atoms with Gasteiger partial charge in [-0.3, -0.25) is 0 Å². The zero-order valence-electron chi connectivity index (χ0n) is 19.7. The van der Waals surface area contributed by atoms with Gasteiger partial charge in [-0.25, -0.2) is 31.7 Å². The van der Waals surface area contributed by atoms with Crippen LogP contribution in [0.1, 0.15) is 58.6 Å². The molecular formula is C24H31N3O4S3. The van der Waals surface area contributed by atoms with E-state index >= 15 is 0 Å². The van der Waals surface area contributed by atoms with Gasteiger partial charge in [0.15, 0.2) is 0 Å². The van der Waals surface area contributed by atoms with Crippen molar-refractivity contribution in [2.45, 2.75) is 74.1 Å². The molecule has 3 N–H and O–H groups in total. The topological polar surface area (TPSA) is 119 Å². The standard InChI is InChI=1S/C24H31N3O4S3/c1-24(2,3)27-34(30,31)21-14-13-19(17-11-7-8-12-18(17)21)22-20(15-16-9-5-4-6-10-16)26-23(32-22)33(25,28)29/h7-8,11-14,16,27H,4-6,9-10,15H2,1-3H3,(H2,25,28,29). The van der Waals surface area contributed by atoms with E-state index in [2.05, 4.69) is 9.71 Å². The van der Waals surface area contributed by atoms with Crippen LogP contribution in [0, 0.1) is 5.92 Å². The van der Waals surface area contributed by atoms with Crippen LogP contribution in [0.5, 0.6) is 0 Å². The lowest BCUT2D eigenvalue weighted by molar-refractivity contribution is 0.354. The van der Waals surface area contributed by atoms with Gasteiger partial charge >= 0.3 is 0 Å². The molecule has 34 heavy (non-hydrogen) atoms. The second-order valence-electron chi connectivity index (χ2n) is 10.0. The number of rotatable bonds is 6. The number of nitrogens with two attached hydrogens (primary N) is 1. The Morgan fingerprint density at radius 1 is 1.00 bits per heavy atom. The summed E-state index contributed by atoms with van der Waals surface area (Å²) in [6.45, 7) is 5.39. The minimum absolute atomic E-state index is 0.108. The molecule has 7 nitrogen and oxygen atoms in total. The van der Waals surface area contributed by atoms with Gasteiger partial charge in [0.25, 0.3) is 10.0 Å². The van der Waals surface area contributed by atoms with E-state index < -0.39 is 25.6 Å². The Balaban J connectivity index is 1.88. The first kappa shape index (κ1) is 25.2. The number of fused-ring (bicyclic) bond motifs is 1. The summed E-state index contributed by atoms with van der Waals surface area (Å²) in [4.78, 5) is 5.37. The maximum absolute atomic E-state index is 13.2. The van der Waals surface area contributed by atoms with E-state index in [0.29, 0.717) is 17.7 Å². The summed E-state index contributed by atoms with van der Waals surface area (Å²) >= 11 is 1.06. The Labute approximate surface area is 205 Å². The van der Waals surface area contributed by atoms with E-state index in [-0.39, 0.29) is 9.24 Å². The quantitative estimate of drug-likeness (QED) is 0.482. The van der Waals surface area contributed by atoms with Gasteiger partial charge in [0.05, 0.1) is 15.5 Å². The average Bonchev–Trinajstić information content (AvgIpc) is 3.16. The van der Waals surface area contributed by atoms with E-state index in [1.54, 1.807) is 45.0 Å². The van der Waals surface area contributed by atoms with Crippen LogP contribution < -0.4 is 9.86 Å². The largest absolute Gasteiger partial charge is 0.265 e. The van der Waals surface area contributed by atoms with Crippen molar-refractivity contribution in [2.75, 3.05) is 0 Å². The first-order valence-corrected chi connectivity index (χ1v) is 15.3. The second-order valence-corrected chi connectivity index (χ2v) is 14.4. The Kier molecular flexibility index (Phi) is 6.91. The number of hydrogen-bond acceptors (Lipinski definition) is 6. The van der Waals surface area contributed by atoms with E-state index in [1.165, 1.54) is 19.3 Å². The number of primary sulfonamides is 1. The molecule has 184 valence electrons. The predicted octanol–water partition coefficient (Wildman–Crippen LogP) is 4.81. The fourth-order valence-electron chi connectivity index (χ4n) is 4.63. The fourth-order valence-corrected chi connectivity index (χ4v) is 8.08. The molecule has 0 atom stereocenters. The molecule has 0 amide bonds. The minimum Gasteiger partial charge on any atom is -0.228 e. The number of aromatic nitrogens is 1. The molecule has 1 fully saturated rings. The van der Waals surface area contributed by atoms with Gasteiger partial charge in [-0.1, -0.05) is 62.4 Å². The highest BCUT2D eigenvalue weighted by molar-refractivity contribution is 7.91. The zero-order valence-corrected chi connectivity index (χ0v) is 22.1. The number of benzene rings is 2. The normalized spacial score (nSPS) is 16.2. The average molecular weight is 522 g/mol. The van der Waals surface area contributed by atoms with Crippen molar-refractivity contribution in [3.63, 3.8) is 0 Å². The van der Waals surface area contributed by atoms with Crippen LogP contribution in [0.25, 0.3) is 21.2 Å². The van der Waals surface area contributed by atoms with Crippen molar-refractivity contribution in [1.29, 1.82) is 0 Å². The molecule has 0 unspecified atom stereocenters. The van der Waals surface area contributed by atoms with E-state index in [1.807, 2.05) is 12.1 Å². The van der Waals surface area contributed by atoms with Crippen LogP contribution in [0.4, 0.5) is 0 Å². The molecule has 0 spiro atoms. The Morgan fingerprint density at radius 3 is 2.26 bits per heavy atom. The van der Waals surface area contributed by atoms with Crippen LogP contribution >= 0.6 is 11.3 Å². The van der Waals surface area contributed by atoms with Gasteiger partial charge in [-0.2, -0.15) is 0 Å². The van der Waals surface area contributed by atoms with Crippen molar-refractivity contribution in [3.8, 4) is 10.4 Å². The number of thiazole rings is 1. The molecule has 1 aliphatic rings. The molecule has 0 bridgehead atoms. The van der Waals surface area contributed by atoms with Crippen molar-refractivity contribution >= 4 is 42.2 Å². The molecule has 1 heterocycles. The van der Waals surface area contributed by atoms with Gasteiger partial charge in [-0.05, 0) is 44.6 Å². The summed E-state index contributed by atoms with van der Waals surface area (Å²) in [5, 5.41) is 6.74. The fraction of sp³-hybridized carbons (Fsp3) is 0.458. The van der Waals surface area contributed by atoms with Gasteiger partial charge in [0, 0.05) is 16.5 Å². The molecule has 1 saturated carbocycles. The number of nitrogens with one attached hydrogen (secondary N) is 1. The maximum atomic E-state index is 13.2. The number of hydrogen-bond donors (Lipinski definition) is 2. The third-order valence-corrected chi connectivity index (χ3v) is 10.3. The van der Waals surface area contributed by atoms with Crippen molar-refractivity contribution in [1.82, 2.24) is 9.71 Å². The minimum atomic E-state index is -3.96. The monoisotopic (exact) mass is 521 g/mol. The summed E-state index contributed by atoms with van der Waals surface area (Å²) in [6, 6.07) is 10.6. The molecule has 0 aliphatic heterocycles. The molecule has 3 aromatic rings. The van der Waals surface area contributed by atoms with Crippen LogP contribution in [-0.4, -0.2) is 27.4 Å². The van der Waals surface area contributed by atoms with E-state index in [9.17, 15) is 16.8 Å². The highest BCUT2D eigenvalue weighted by Crippen LogP contribution is 2.40. The van der Waals surface area contributed by atoms with Gasteiger partial charge in [0.1, 0.15) is 0 Å². The molecule has 1 aromatic heterocycles. The second kappa shape index (κ2) is 9.31. The molecule has 1 aliphatic carbocycles. The van der Waals surface area contributed by atoms with E-state index in [4.69, 9.17) is 5.14 Å². The third kappa shape index (κ3) is 5.52. The van der Waals surface area contributed by atoms with Crippen molar-refractivity contribution in [3.05, 3.63) is 42.1 Å². The van der Waals surface area contributed by atoms with Gasteiger partial charge < -0.3 is 0 Å². The van der Waals surface area contributed by atoms with Gasteiger partial charge in [-0.15, -0.1) is 11.3 Å². The highest BCUT2D eigenvalue weighted by Gasteiger charge is 2.27. The van der Waals surface area contributed by atoms with Gasteiger partial charge in [0.2, 0.25) is 14.4 Å². The van der Waals surface area contributed by atoms with Crippen LogP contribution in [-0.2, 0) is 26.5 Å². The molecule has 0 saturated heterocycles. The maximum Gasteiger partial charge on any atom is 0.265 e. The molecule has 10 heteroatoms. The lowest BCUT2D eigenvalue weighted by Crippen LogP contribution is -2.40. The number of sulfonamides is 2. The van der Waals surface area contributed by atoms with Crippen LogP contribution in [0.2, 0.25) is 0 Å². The first-order chi connectivity index (χ1) is 15.9. The summed E-state index contributed by atoms with van der Waals surface area (Å²) in [7, 11) is -7.73. The summed E-state index contributed by atoms with van der Waals surface area (Å²) in [5.74, 6) is 0.449. The Bertz CT molecular complexity index is 1420. The lowest BCUT2D eigenvalue weighted by Gasteiger charge is -2.22. The Hall–Kier alpha value is -1.85. The zero-order chi connectivity index (χ0) is 24.7. The lowest BCUT2D eigenvalue weighted by atomic mass is 9.85. The summed E-state index contributed by atoms with van der Waals surface area (Å²) < 4.78 is 53.2. The third-order valence-electron chi connectivity index (χ3n) is 5.99. The number of nitrogens with zero attached hydrogens (tertiary/aromatic N) is 1. The first-order valence-electron chi connectivity index (χ1n) is 11.4. The van der Waals surface area contributed by atoms with Crippen LogP contribution in [0.3, 0.4) is 0 Å². The molecule has 4 rings (SSSR count). The molecule has 2 aromatic carbocycles.